The molecule has 0 aliphatic heterocycles. The van der Waals surface area contributed by atoms with Gasteiger partial charge in [-0.3, -0.25) is 14.9 Å². The monoisotopic (exact) mass is 265 g/mol. The molecule has 1 aliphatic carbocycles. The van der Waals surface area contributed by atoms with Crippen LogP contribution < -0.4 is 9.47 Å². The first-order valence-electron chi connectivity index (χ1n) is 5.88. The van der Waals surface area contributed by atoms with Crippen molar-refractivity contribution in [2.75, 3.05) is 7.11 Å². The number of nitro benzene ring substituents is 1. The highest BCUT2D eigenvalue weighted by Crippen LogP contribution is 2.42. The number of ether oxygens (including phenoxy) is 2. The molecule has 0 bridgehead atoms. The van der Waals surface area contributed by atoms with Gasteiger partial charge in [0.25, 0.3) is 5.69 Å². The summed E-state index contributed by atoms with van der Waals surface area (Å²) in [6.07, 6.45) is 0.0367. The van der Waals surface area contributed by atoms with Crippen LogP contribution in [0.3, 0.4) is 0 Å². The van der Waals surface area contributed by atoms with E-state index in [1.54, 1.807) is 13.8 Å². The Morgan fingerprint density at radius 2 is 2.05 bits per heavy atom. The van der Waals surface area contributed by atoms with Crippen molar-refractivity contribution in [2.24, 2.45) is 5.41 Å². The molecular weight excluding hydrogens is 250 g/mol. The Balaban J connectivity index is 2.26. The van der Waals surface area contributed by atoms with Gasteiger partial charge >= 0.3 is 0 Å². The van der Waals surface area contributed by atoms with Gasteiger partial charge < -0.3 is 9.47 Å². The summed E-state index contributed by atoms with van der Waals surface area (Å²) in [6.45, 7) is 3.60. The van der Waals surface area contributed by atoms with E-state index < -0.39 is 10.3 Å². The van der Waals surface area contributed by atoms with Crippen molar-refractivity contribution in [3.63, 3.8) is 0 Å². The van der Waals surface area contributed by atoms with Gasteiger partial charge in [-0.15, -0.1) is 0 Å². The van der Waals surface area contributed by atoms with Gasteiger partial charge in [0.2, 0.25) is 0 Å². The number of Topliss-reactive ketones (excluding diaryl/α,β-unsaturated/α-hetero) is 1. The number of hydrogen-bond donors (Lipinski definition) is 0. The van der Waals surface area contributed by atoms with E-state index in [-0.39, 0.29) is 17.6 Å². The van der Waals surface area contributed by atoms with Gasteiger partial charge in [0.15, 0.2) is 11.5 Å². The van der Waals surface area contributed by atoms with Gasteiger partial charge in [0, 0.05) is 12.5 Å². The quantitative estimate of drug-likeness (QED) is 0.616. The molecule has 1 aromatic carbocycles. The van der Waals surface area contributed by atoms with E-state index in [1.165, 1.54) is 25.3 Å². The lowest BCUT2D eigenvalue weighted by Gasteiger charge is -2.42. The molecule has 1 fully saturated rings. The lowest BCUT2D eigenvalue weighted by Crippen LogP contribution is -2.53. The summed E-state index contributed by atoms with van der Waals surface area (Å²) < 4.78 is 10.8. The average Bonchev–Trinajstić information content (AvgIpc) is 2.38. The summed E-state index contributed by atoms with van der Waals surface area (Å²) in [7, 11) is 1.46. The number of nitrogens with zero attached hydrogens (tertiary/aromatic N) is 1. The Bertz CT molecular complexity index is 538. The second-order valence-electron chi connectivity index (χ2n) is 5.05. The number of carbonyl (C=O) groups is 1. The van der Waals surface area contributed by atoms with E-state index in [0.717, 1.165) is 0 Å². The summed E-state index contributed by atoms with van der Waals surface area (Å²) in [5.74, 6) is 0.838. The maximum absolute atomic E-state index is 11.5. The zero-order valence-corrected chi connectivity index (χ0v) is 11.0. The molecule has 0 saturated heterocycles. The molecule has 1 aliphatic rings. The first kappa shape index (κ1) is 13.3. The van der Waals surface area contributed by atoms with Gasteiger partial charge in [0.05, 0.1) is 23.5 Å². The van der Waals surface area contributed by atoms with Crippen molar-refractivity contribution in [1.82, 2.24) is 0 Å². The number of non-ortho nitro benzene ring substituents is 1. The summed E-state index contributed by atoms with van der Waals surface area (Å²) in [5.41, 5.74) is -0.630. The van der Waals surface area contributed by atoms with Crippen molar-refractivity contribution < 1.29 is 19.2 Å². The van der Waals surface area contributed by atoms with E-state index in [0.29, 0.717) is 17.9 Å². The van der Waals surface area contributed by atoms with Gasteiger partial charge in [-0.2, -0.15) is 0 Å². The largest absolute Gasteiger partial charge is 0.493 e. The third kappa shape index (κ3) is 2.25. The normalized spacial score (nSPS) is 20.6. The van der Waals surface area contributed by atoms with Gasteiger partial charge in [-0.25, -0.2) is 0 Å². The molecule has 0 N–H and O–H groups in total. The summed E-state index contributed by atoms with van der Waals surface area (Å²) in [5, 5.41) is 10.8. The van der Waals surface area contributed by atoms with Gasteiger partial charge in [-0.05, 0) is 19.9 Å². The topological polar surface area (TPSA) is 78.7 Å². The number of hydrogen-bond acceptors (Lipinski definition) is 5. The SMILES string of the molecule is COc1ccc([N+](=O)[O-])cc1OC1CC(=O)C1(C)C. The molecule has 102 valence electrons. The predicted octanol–water partition coefficient (Wildman–Crippen LogP) is 2.35. The van der Waals surface area contributed by atoms with Gasteiger partial charge in [-0.1, -0.05) is 0 Å². The third-order valence-electron chi connectivity index (χ3n) is 3.52. The minimum absolute atomic E-state index is 0.0701. The van der Waals surface area contributed by atoms with Crippen LogP contribution in [0.4, 0.5) is 5.69 Å². The highest BCUT2D eigenvalue weighted by molar-refractivity contribution is 5.91. The van der Waals surface area contributed by atoms with E-state index >= 15 is 0 Å². The van der Waals surface area contributed by atoms with Crippen LogP contribution in [-0.2, 0) is 4.79 Å². The van der Waals surface area contributed by atoms with Crippen molar-refractivity contribution in [2.45, 2.75) is 26.4 Å². The first-order chi connectivity index (χ1) is 8.86. The first-order valence-corrected chi connectivity index (χ1v) is 5.88. The highest BCUT2D eigenvalue weighted by Gasteiger charge is 2.49. The van der Waals surface area contributed by atoms with Crippen molar-refractivity contribution >= 4 is 11.5 Å². The van der Waals surface area contributed by atoms with Crippen LogP contribution in [0.1, 0.15) is 20.3 Å². The minimum atomic E-state index is -0.560. The van der Waals surface area contributed by atoms with Crippen LogP contribution in [-0.4, -0.2) is 23.9 Å². The fourth-order valence-corrected chi connectivity index (χ4v) is 1.95. The lowest BCUT2D eigenvalue weighted by atomic mass is 9.68. The van der Waals surface area contributed by atoms with Crippen LogP contribution in [0.2, 0.25) is 0 Å². The molecule has 0 spiro atoms. The van der Waals surface area contributed by atoms with Crippen molar-refractivity contribution in [3.8, 4) is 11.5 Å². The number of carbonyl (C=O) groups excluding carboxylic acids is 1. The number of ketones is 1. The second-order valence-corrected chi connectivity index (χ2v) is 5.05. The lowest BCUT2D eigenvalue weighted by molar-refractivity contribution is -0.385. The maximum Gasteiger partial charge on any atom is 0.273 e. The van der Waals surface area contributed by atoms with Crippen LogP contribution in [0.25, 0.3) is 0 Å². The molecule has 1 aromatic rings. The molecular formula is C13H15NO5. The number of methoxy groups -OCH3 is 1. The smallest absolute Gasteiger partial charge is 0.273 e. The van der Waals surface area contributed by atoms with Crippen LogP contribution in [0.5, 0.6) is 11.5 Å². The molecule has 6 nitrogen and oxygen atoms in total. The number of nitro groups is 1. The average molecular weight is 265 g/mol. The highest BCUT2D eigenvalue weighted by atomic mass is 16.6. The minimum Gasteiger partial charge on any atom is -0.493 e. The number of rotatable bonds is 4. The molecule has 2 rings (SSSR count). The Kier molecular flexibility index (Phi) is 3.18. The fourth-order valence-electron chi connectivity index (χ4n) is 1.95. The van der Waals surface area contributed by atoms with Crippen LogP contribution in [0.15, 0.2) is 18.2 Å². The molecule has 1 unspecified atom stereocenters. The van der Waals surface area contributed by atoms with E-state index in [9.17, 15) is 14.9 Å². The molecule has 0 aromatic heterocycles. The van der Waals surface area contributed by atoms with Gasteiger partial charge in [0.1, 0.15) is 11.9 Å². The molecule has 0 radical (unpaired) electrons. The number of benzene rings is 1. The van der Waals surface area contributed by atoms with Crippen molar-refractivity contribution in [1.29, 1.82) is 0 Å². The molecule has 1 saturated carbocycles. The van der Waals surface area contributed by atoms with E-state index in [1.807, 2.05) is 0 Å². The molecule has 19 heavy (non-hydrogen) atoms. The zero-order chi connectivity index (χ0) is 14.2. The third-order valence-corrected chi connectivity index (χ3v) is 3.52. The van der Waals surface area contributed by atoms with Crippen LogP contribution in [0, 0.1) is 15.5 Å². The summed E-state index contributed by atoms with van der Waals surface area (Å²) >= 11 is 0. The molecule has 0 amide bonds. The Morgan fingerprint density at radius 3 is 2.53 bits per heavy atom. The Morgan fingerprint density at radius 1 is 1.37 bits per heavy atom. The summed E-state index contributed by atoms with van der Waals surface area (Å²) in [6, 6.07) is 4.15. The second kappa shape index (κ2) is 4.53. The molecule has 0 heterocycles. The molecule has 6 heteroatoms. The maximum atomic E-state index is 11.5. The standard InChI is InChI=1S/C13H15NO5/c1-13(2)11(15)7-12(13)19-10-6-8(14(16)17)4-5-9(10)18-3/h4-6,12H,7H2,1-3H3. The van der Waals surface area contributed by atoms with Crippen molar-refractivity contribution in [3.05, 3.63) is 28.3 Å². The van der Waals surface area contributed by atoms with E-state index in [4.69, 9.17) is 9.47 Å². The Hall–Kier alpha value is -2.11. The van der Waals surface area contributed by atoms with E-state index in [2.05, 4.69) is 0 Å². The molecule has 1 atom stereocenters. The van der Waals surface area contributed by atoms with Crippen LogP contribution >= 0.6 is 0 Å². The summed E-state index contributed by atoms with van der Waals surface area (Å²) in [4.78, 5) is 21.7. The Labute approximate surface area is 110 Å². The fraction of sp³-hybridized carbons (Fsp3) is 0.462. The predicted molar refractivity (Wildman–Crippen MR) is 67.5 cm³/mol. The zero-order valence-electron chi connectivity index (χ0n) is 11.0.